The van der Waals surface area contributed by atoms with E-state index in [9.17, 15) is 0 Å². The fourth-order valence-corrected chi connectivity index (χ4v) is 3.39. The first-order chi connectivity index (χ1) is 9.85. The van der Waals surface area contributed by atoms with Crippen LogP contribution in [0, 0.1) is 0 Å². The summed E-state index contributed by atoms with van der Waals surface area (Å²) in [6.07, 6.45) is 5.97. The van der Waals surface area contributed by atoms with E-state index in [4.69, 9.17) is 4.42 Å². The van der Waals surface area contributed by atoms with E-state index in [0.29, 0.717) is 24.4 Å². The molecule has 106 valence electrons. The van der Waals surface area contributed by atoms with Crippen LogP contribution < -0.4 is 5.32 Å². The predicted octanol–water partition coefficient (Wildman–Crippen LogP) is 3.11. The Kier molecular flexibility index (Phi) is 4.38. The zero-order valence-electron chi connectivity index (χ0n) is 11.6. The first-order valence-electron chi connectivity index (χ1n) is 6.99. The van der Waals surface area contributed by atoms with Gasteiger partial charge in [-0.05, 0) is 37.7 Å². The standard InChI is InChI=1S/C15H19N3OS/c1-20-13-8-7-12(9-13)16-10-14-17-18-15(19-14)11-5-3-2-4-6-11/h2-6,12-13,16H,7-10H2,1H3. The van der Waals surface area contributed by atoms with Crippen molar-refractivity contribution in [2.45, 2.75) is 37.1 Å². The van der Waals surface area contributed by atoms with Gasteiger partial charge in [-0.2, -0.15) is 11.8 Å². The number of benzene rings is 1. The van der Waals surface area contributed by atoms with Crippen LogP contribution >= 0.6 is 11.8 Å². The molecule has 1 N–H and O–H groups in total. The molecule has 0 saturated heterocycles. The second-order valence-electron chi connectivity index (χ2n) is 5.12. The molecule has 1 aromatic heterocycles. The maximum absolute atomic E-state index is 5.69. The van der Waals surface area contributed by atoms with Crippen molar-refractivity contribution in [3.05, 3.63) is 36.2 Å². The van der Waals surface area contributed by atoms with Crippen molar-refractivity contribution in [1.29, 1.82) is 0 Å². The molecule has 1 aromatic carbocycles. The van der Waals surface area contributed by atoms with Gasteiger partial charge in [-0.15, -0.1) is 10.2 Å². The molecule has 0 amide bonds. The summed E-state index contributed by atoms with van der Waals surface area (Å²) in [7, 11) is 0. The first kappa shape index (κ1) is 13.6. The summed E-state index contributed by atoms with van der Waals surface area (Å²) in [4.78, 5) is 0. The highest BCUT2D eigenvalue weighted by molar-refractivity contribution is 7.99. The smallest absolute Gasteiger partial charge is 0.247 e. The predicted molar refractivity (Wildman–Crippen MR) is 81.5 cm³/mol. The average Bonchev–Trinajstić information content (AvgIpc) is 3.15. The lowest BCUT2D eigenvalue weighted by atomic mass is 10.2. The van der Waals surface area contributed by atoms with Crippen molar-refractivity contribution in [3.63, 3.8) is 0 Å². The lowest BCUT2D eigenvalue weighted by Gasteiger charge is -2.10. The van der Waals surface area contributed by atoms with E-state index in [0.717, 1.165) is 10.8 Å². The third-order valence-electron chi connectivity index (χ3n) is 3.75. The van der Waals surface area contributed by atoms with E-state index in [1.807, 2.05) is 42.1 Å². The van der Waals surface area contributed by atoms with Crippen molar-refractivity contribution in [1.82, 2.24) is 15.5 Å². The van der Waals surface area contributed by atoms with E-state index in [2.05, 4.69) is 21.8 Å². The number of aromatic nitrogens is 2. The molecule has 2 aromatic rings. The fourth-order valence-electron chi connectivity index (χ4n) is 2.59. The molecule has 1 heterocycles. The van der Waals surface area contributed by atoms with E-state index in [1.54, 1.807) is 0 Å². The van der Waals surface area contributed by atoms with Gasteiger partial charge in [0.25, 0.3) is 0 Å². The second kappa shape index (κ2) is 6.41. The number of nitrogens with one attached hydrogen (secondary N) is 1. The fraction of sp³-hybridized carbons (Fsp3) is 0.467. The molecule has 1 aliphatic rings. The van der Waals surface area contributed by atoms with Crippen molar-refractivity contribution >= 4 is 11.8 Å². The monoisotopic (exact) mass is 289 g/mol. The number of hydrogen-bond acceptors (Lipinski definition) is 5. The highest BCUT2D eigenvalue weighted by Crippen LogP contribution is 2.28. The minimum Gasteiger partial charge on any atom is -0.419 e. The van der Waals surface area contributed by atoms with E-state index in [-0.39, 0.29) is 0 Å². The molecule has 20 heavy (non-hydrogen) atoms. The Morgan fingerprint density at radius 2 is 2.10 bits per heavy atom. The molecule has 1 fully saturated rings. The molecular formula is C15H19N3OS. The Morgan fingerprint density at radius 3 is 2.85 bits per heavy atom. The zero-order valence-corrected chi connectivity index (χ0v) is 12.4. The summed E-state index contributed by atoms with van der Waals surface area (Å²) in [5, 5.41) is 12.5. The van der Waals surface area contributed by atoms with Crippen LogP contribution in [0.3, 0.4) is 0 Å². The van der Waals surface area contributed by atoms with Crippen LogP contribution in [-0.4, -0.2) is 27.7 Å². The Morgan fingerprint density at radius 1 is 1.25 bits per heavy atom. The van der Waals surface area contributed by atoms with Gasteiger partial charge in [0, 0.05) is 16.9 Å². The SMILES string of the molecule is CSC1CCC(NCc2nnc(-c3ccccc3)o2)C1. The third-order valence-corrected chi connectivity index (χ3v) is 4.84. The molecular weight excluding hydrogens is 270 g/mol. The molecule has 0 aliphatic heterocycles. The molecule has 3 rings (SSSR count). The molecule has 2 unspecified atom stereocenters. The second-order valence-corrected chi connectivity index (χ2v) is 6.25. The van der Waals surface area contributed by atoms with Crippen molar-refractivity contribution in [3.8, 4) is 11.5 Å². The molecule has 0 radical (unpaired) electrons. The van der Waals surface area contributed by atoms with Crippen molar-refractivity contribution in [2.24, 2.45) is 0 Å². The van der Waals surface area contributed by atoms with Crippen LogP contribution in [0.1, 0.15) is 25.2 Å². The molecule has 2 atom stereocenters. The minimum absolute atomic E-state index is 0.583. The minimum atomic E-state index is 0.583. The first-order valence-corrected chi connectivity index (χ1v) is 8.28. The van der Waals surface area contributed by atoms with Gasteiger partial charge in [0.05, 0.1) is 6.54 Å². The Bertz CT molecular complexity index is 543. The quantitative estimate of drug-likeness (QED) is 0.916. The van der Waals surface area contributed by atoms with Gasteiger partial charge >= 0.3 is 0 Å². The Labute approximate surface area is 123 Å². The van der Waals surface area contributed by atoms with Crippen LogP contribution in [0.2, 0.25) is 0 Å². The van der Waals surface area contributed by atoms with Gasteiger partial charge in [0.2, 0.25) is 11.8 Å². The maximum atomic E-state index is 5.69. The zero-order chi connectivity index (χ0) is 13.8. The highest BCUT2D eigenvalue weighted by Gasteiger charge is 2.23. The summed E-state index contributed by atoms with van der Waals surface area (Å²) in [5.41, 5.74) is 0.967. The normalized spacial score (nSPS) is 22.2. The third kappa shape index (κ3) is 3.22. The number of rotatable bonds is 5. The Hall–Kier alpha value is -1.33. The summed E-state index contributed by atoms with van der Waals surface area (Å²) in [5.74, 6) is 1.26. The summed E-state index contributed by atoms with van der Waals surface area (Å²) < 4.78 is 5.69. The number of nitrogens with zero attached hydrogens (tertiary/aromatic N) is 2. The molecule has 0 spiro atoms. The van der Waals surface area contributed by atoms with Crippen molar-refractivity contribution < 1.29 is 4.42 Å². The van der Waals surface area contributed by atoms with Crippen LogP contribution in [0.15, 0.2) is 34.7 Å². The molecule has 0 bridgehead atoms. The summed E-state index contributed by atoms with van der Waals surface area (Å²) in [6.45, 7) is 0.658. The number of hydrogen-bond donors (Lipinski definition) is 1. The highest BCUT2D eigenvalue weighted by atomic mass is 32.2. The van der Waals surface area contributed by atoms with Gasteiger partial charge in [-0.25, -0.2) is 0 Å². The number of thioether (sulfide) groups is 1. The van der Waals surface area contributed by atoms with Gasteiger partial charge in [-0.3, -0.25) is 0 Å². The van der Waals surface area contributed by atoms with Gasteiger partial charge < -0.3 is 9.73 Å². The molecule has 5 heteroatoms. The Balaban J connectivity index is 1.56. The summed E-state index contributed by atoms with van der Waals surface area (Å²) in [6, 6.07) is 10.5. The van der Waals surface area contributed by atoms with Crippen LogP contribution in [0.4, 0.5) is 0 Å². The van der Waals surface area contributed by atoms with E-state index in [1.165, 1.54) is 19.3 Å². The summed E-state index contributed by atoms with van der Waals surface area (Å²) >= 11 is 1.97. The van der Waals surface area contributed by atoms with E-state index < -0.39 is 0 Å². The van der Waals surface area contributed by atoms with E-state index >= 15 is 0 Å². The lowest BCUT2D eigenvalue weighted by Crippen LogP contribution is -2.26. The van der Waals surface area contributed by atoms with Gasteiger partial charge in [0.1, 0.15) is 0 Å². The topological polar surface area (TPSA) is 51.0 Å². The maximum Gasteiger partial charge on any atom is 0.247 e. The van der Waals surface area contributed by atoms with Crippen LogP contribution in [-0.2, 0) is 6.54 Å². The molecule has 1 aliphatic carbocycles. The lowest BCUT2D eigenvalue weighted by molar-refractivity contribution is 0.440. The van der Waals surface area contributed by atoms with Crippen molar-refractivity contribution in [2.75, 3.05) is 6.26 Å². The van der Waals surface area contributed by atoms with Gasteiger partial charge in [0.15, 0.2) is 0 Å². The van der Waals surface area contributed by atoms with Crippen LogP contribution in [0.25, 0.3) is 11.5 Å². The molecule has 1 saturated carbocycles. The average molecular weight is 289 g/mol. The molecule has 4 nitrogen and oxygen atoms in total. The van der Waals surface area contributed by atoms with Crippen LogP contribution in [0.5, 0.6) is 0 Å². The largest absolute Gasteiger partial charge is 0.419 e. The van der Waals surface area contributed by atoms with Gasteiger partial charge in [-0.1, -0.05) is 18.2 Å².